The third kappa shape index (κ3) is 4.06. The predicted molar refractivity (Wildman–Crippen MR) is 94.7 cm³/mol. The molecule has 3 aromatic carbocycles. The minimum Gasteiger partial charge on any atom is -0.317 e. The van der Waals surface area contributed by atoms with Crippen LogP contribution in [0.5, 0.6) is 0 Å². The molecule has 0 aliphatic rings. The van der Waals surface area contributed by atoms with Crippen molar-refractivity contribution in [2.24, 2.45) is 5.10 Å². The Morgan fingerprint density at radius 3 is 2.40 bits per heavy atom. The topological polar surface area (TPSA) is 70.6 Å². The van der Waals surface area contributed by atoms with Gasteiger partial charge in [-0.3, -0.25) is 9.59 Å². The van der Waals surface area contributed by atoms with Crippen molar-refractivity contribution in [3.63, 3.8) is 0 Å². The van der Waals surface area contributed by atoms with Gasteiger partial charge in [-0.15, -0.1) is 0 Å². The number of hydrogen-bond donors (Lipinski definition) is 2. The van der Waals surface area contributed by atoms with E-state index in [1.807, 2.05) is 30.3 Å². The first-order chi connectivity index (χ1) is 12.1. The van der Waals surface area contributed by atoms with Crippen molar-refractivity contribution >= 4 is 34.5 Å². The zero-order valence-electron chi connectivity index (χ0n) is 13.1. The summed E-state index contributed by atoms with van der Waals surface area (Å²) in [6.45, 7) is 0. The summed E-state index contributed by atoms with van der Waals surface area (Å²) >= 11 is 0. The number of hydrogen-bond acceptors (Lipinski definition) is 3. The molecular formula is C19H14FN3O2. The highest BCUT2D eigenvalue weighted by Gasteiger charge is 2.14. The first-order valence-corrected chi connectivity index (χ1v) is 7.51. The van der Waals surface area contributed by atoms with Crippen LogP contribution in [0, 0.1) is 5.82 Å². The van der Waals surface area contributed by atoms with E-state index < -0.39 is 11.8 Å². The maximum atomic E-state index is 12.8. The number of benzene rings is 3. The summed E-state index contributed by atoms with van der Waals surface area (Å²) in [6, 6.07) is 18.5. The molecule has 0 saturated heterocycles. The van der Waals surface area contributed by atoms with E-state index >= 15 is 0 Å². The molecule has 0 saturated carbocycles. The average Bonchev–Trinajstić information content (AvgIpc) is 2.63. The van der Waals surface area contributed by atoms with E-state index in [-0.39, 0.29) is 5.82 Å². The van der Waals surface area contributed by atoms with E-state index in [1.54, 1.807) is 12.1 Å². The van der Waals surface area contributed by atoms with Gasteiger partial charge in [0.05, 0.1) is 6.21 Å². The van der Waals surface area contributed by atoms with Crippen LogP contribution in [0.15, 0.2) is 71.8 Å². The van der Waals surface area contributed by atoms with Gasteiger partial charge in [-0.1, -0.05) is 48.5 Å². The SMILES string of the molecule is O=C(N/N=C/c1ccc(F)cc1)C(=O)Nc1cccc2ccccc12. The lowest BCUT2D eigenvalue weighted by Gasteiger charge is -2.07. The van der Waals surface area contributed by atoms with Crippen molar-refractivity contribution in [2.45, 2.75) is 0 Å². The van der Waals surface area contributed by atoms with Crippen LogP contribution in [-0.4, -0.2) is 18.0 Å². The highest BCUT2D eigenvalue weighted by Crippen LogP contribution is 2.22. The molecule has 25 heavy (non-hydrogen) atoms. The zero-order chi connectivity index (χ0) is 17.6. The normalized spacial score (nSPS) is 10.8. The molecule has 6 heteroatoms. The molecule has 0 radical (unpaired) electrons. The largest absolute Gasteiger partial charge is 0.329 e. The summed E-state index contributed by atoms with van der Waals surface area (Å²) < 4.78 is 12.8. The van der Waals surface area contributed by atoms with Crippen molar-refractivity contribution in [3.8, 4) is 0 Å². The van der Waals surface area contributed by atoms with Gasteiger partial charge in [-0.25, -0.2) is 9.82 Å². The monoisotopic (exact) mass is 335 g/mol. The van der Waals surface area contributed by atoms with Crippen LogP contribution in [-0.2, 0) is 9.59 Å². The summed E-state index contributed by atoms with van der Waals surface area (Å²) in [5.74, 6) is -2.09. The number of carbonyl (C=O) groups is 2. The first kappa shape index (κ1) is 16.3. The van der Waals surface area contributed by atoms with Crippen molar-refractivity contribution in [1.29, 1.82) is 0 Å². The molecule has 124 valence electrons. The summed E-state index contributed by atoms with van der Waals surface area (Å²) in [7, 11) is 0. The van der Waals surface area contributed by atoms with Gasteiger partial charge < -0.3 is 5.32 Å². The molecule has 0 aliphatic carbocycles. The van der Waals surface area contributed by atoms with Crippen molar-refractivity contribution < 1.29 is 14.0 Å². The second-order valence-electron chi connectivity index (χ2n) is 5.23. The van der Waals surface area contributed by atoms with E-state index in [1.165, 1.54) is 30.5 Å². The second kappa shape index (κ2) is 7.35. The fourth-order valence-electron chi connectivity index (χ4n) is 2.28. The zero-order valence-corrected chi connectivity index (χ0v) is 13.1. The minimum atomic E-state index is -0.897. The van der Waals surface area contributed by atoms with E-state index in [2.05, 4.69) is 15.8 Å². The lowest BCUT2D eigenvalue weighted by atomic mass is 10.1. The molecule has 3 aromatic rings. The van der Waals surface area contributed by atoms with E-state index in [0.29, 0.717) is 11.3 Å². The van der Waals surface area contributed by atoms with Crippen LogP contribution in [0.2, 0.25) is 0 Å². The number of fused-ring (bicyclic) bond motifs is 1. The van der Waals surface area contributed by atoms with Gasteiger partial charge in [0, 0.05) is 11.1 Å². The standard InChI is InChI=1S/C19H14FN3O2/c20-15-10-8-13(9-11-15)12-21-23-19(25)18(24)22-17-7-3-5-14-4-1-2-6-16(14)17/h1-12H,(H,22,24)(H,23,25)/b21-12+. The van der Waals surface area contributed by atoms with Gasteiger partial charge >= 0.3 is 11.8 Å². The number of anilines is 1. The van der Waals surface area contributed by atoms with Crippen LogP contribution < -0.4 is 10.7 Å². The van der Waals surface area contributed by atoms with Crippen LogP contribution in [0.1, 0.15) is 5.56 Å². The van der Waals surface area contributed by atoms with E-state index in [9.17, 15) is 14.0 Å². The van der Waals surface area contributed by atoms with Crippen LogP contribution >= 0.6 is 0 Å². The Balaban J connectivity index is 1.64. The number of hydrazone groups is 1. The maximum Gasteiger partial charge on any atom is 0.329 e. The molecule has 2 N–H and O–H groups in total. The quantitative estimate of drug-likeness (QED) is 0.439. The highest BCUT2D eigenvalue weighted by molar-refractivity contribution is 6.40. The lowest BCUT2D eigenvalue weighted by Crippen LogP contribution is -2.32. The molecule has 5 nitrogen and oxygen atoms in total. The molecule has 0 aliphatic heterocycles. The average molecular weight is 335 g/mol. The third-order valence-corrected chi connectivity index (χ3v) is 3.49. The number of carbonyl (C=O) groups excluding carboxylic acids is 2. The van der Waals surface area contributed by atoms with Gasteiger partial charge in [-0.05, 0) is 29.1 Å². The number of nitrogens with zero attached hydrogens (tertiary/aromatic N) is 1. The second-order valence-corrected chi connectivity index (χ2v) is 5.23. The molecule has 0 unspecified atom stereocenters. The highest BCUT2D eigenvalue weighted by atomic mass is 19.1. The summed E-state index contributed by atoms with van der Waals surface area (Å²) in [6.07, 6.45) is 1.32. The Kier molecular flexibility index (Phi) is 4.80. The molecule has 2 amide bonds. The summed E-state index contributed by atoms with van der Waals surface area (Å²) in [5, 5.41) is 8.04. The molecule has 3 rings (SSSR count). The van der Waals surface area contributed by atoms with Gasteiger partial charge in [0.15, 0.2) is 0 Å². The molecule has 0 bridgehead atoms. The van der Waals surface area contributed by atoms with Crippen molar-refractivity contribution in [1.82, 2.24) is 5.43 Å². The van der Waals surface area contributed by atoms with Crippen LogP contribution in [0.4, 0.5) is 10.1 Å². The Morgan fingerprint density at radius 1 is 0.880 bits per heavy atom. The predicted octanol–water partition coefficient (Wildman–Crippen LogP) is 3.07. The van der Waals surface area contributed by atoms with Crippen LogP contribution in [0.25, 0.3) is 10.8 Å². The molecule has 0 spiro atoms. The summed E-state index contributed by atoms with van der Waals surface area (Å²) in [4.78, 5) is 23.8. The van der Waals surface area contributed by atoms with Crippen LogP contribution in [0.3, 0.4) is 0 Å². The van der Waals surface area contributed by atoms with Crippen molar-refractivity contribution in [2.75, 3.05) is 5.32 Å². The minimum absolute atomic E-state index is 0.365. The number of halogens is 1. The van der Waals surface area contributed by atoms with Gasteiger partial charge in [-0.2, -0.15) is 5.10 Å². The number of amides is 2. The Hall–Kier alpha value is -3.54. The Labute approximate surface area is 143 Å². The molecule has 0 aromatic heterocycles. The Morgan fingerprint density at radius 2 is 1.60 bits per heavy atom. The molecule has 0 heterocycles. The van der Waals surface area contributed by atoms with E-state index in [0.717, 1.165) is 10.8 Å². The van der Waals surface area contributed by atoms with Gasteiger partial charge in [0.25, 0.3) is 0 Å². The lowest BCUT2D eigenvalue weighted by molar-refractivity contribution is -0.136. The number of nitrogens with one attached hydrogen (secondary N) is 2. The van der Waals surface area contributed by atoms with Crippen molar-refractivity contribution in [3.05, 3.63) is 78.1 Å². The third-order valence-electron chi connectivity index (χ3n) is 3.49. The molecular weight excluding hydrogens is 321 g/mol. The fourth-order valence-corrected chi connectivity index (χ4v) is 2.28. The van der Waals surface area contributed by atoms with E-state index in [4.69, 9.17) is 0 Å². The fraction of sp³-hybridized carbons (Fsp3) is 0. The van der Waals surface area contributed by atoms with Gasteiger partial charge in [0.2, 0.25) is 0 Å². The Bertz CT molecular complexity index is 947. The smallest absolute Gasteiger partial charge is 0.317 e. The maximum absolute atomic E-state index is 12.8. The summed E-state index contributed by atoms with van der Waals surface area (Å²) in [5.41, 5.74) is 3.27. The first-order valence-electron chi connectivity index (χ1n) is 7.51. The number of rotatable bonds is 3. The molecule has 0 fully saturated rings. The molecule has 0 atom stereocenters. The van der Waals surface area contributed by atoms with Gasteiger partial charge in [0.1, 0.15) is 5.82 Å².